The van der Waals surface area contributed by atoms with Gasteiger partial charge in [0, 0.05) is 4.47 Å². The quantitative estimate of drug-likeness (QED) is 0.371. The van der Waals surface area contributed by atoms with E-state index in [0.717, 1.165) is 10.9 Å². The summed E-state index contributed by atoms with van der Waals surface area (Å²) in [5.41, 5.74) is 0.705. The van der Waals surface area contributed by atoms with Gasteiger partial charge in [-0.1, -0.05) is 28.1 Å². The fourth-order valence-corrected chi connectivity index (χ4v) is 1.42. The molecule has 5 heteroatoms. The van der Waals surface area contributed by atoms with Crippen LogP contribution in [0, 0.1) is 0 Å². The van der Waals surface area contributed by atoms with Crippen LogP contribution in [0.15, 0.2) is 28.7 Å². The predicted molar refractivity (Wildman–Crippen MR) is 55.6 cm³/mol. The number of hydrogen-bond acceptors (Lipinski definition) is 2. The van der Waals surface area contributed by atoms with Gasteiger partial charge in [0.05, 0.1) is 11.7 Å². The summed E-state index contributed by atoms with van der Waals surface area (Å²) in [4.78, 5) is 0. The standard InChI is InChI=1S/C9H8BrClNO2/c10-7-3-1-6(2-4-7)8(11)9(13)14-5-12/h1-5,8-9,12H/q-1/p+1. The van der Waals surface area contributed by atoms with Gasteiger partial charge in [-0.2, -0.15) is 0 Å². The molecule has 0 heterocycles. The molecule has 0 amide bonds. The van der Waals surface area contributed by atoms with Crippen LogP contribution in [0.2, 0.25) is 0 Å². The Bertz CT molecular complexity index is 304. The minimum absolute atomic E-state index is 0.705. The van der Waals surface area contributed by atoms with Gasteiger partial charge in [-0.3, -0.25) is 0 Å². The molecule has 0 aliphatic rings. The molecule has 0 fully saturated rings. The lowest BCUT2D eigenvalue weighted by molar-refractivity contribution is -0.479. The van der Waals surface area contributed by atoms with Crippen LogP contribution in [-0.4, -0.2) is 12.7 Å². The number of rotatable bonds is 4. The Kier molecular flexibility index (Phi) is 4.38. The predicted octanol–water partition coefficient (Wildman–Crippen LogP) is 0.219. The summed E-state index contributed by atoms with van der Waals surface area (Å²) >= 11 is 9.14. The number of nitrogens with two attached hydrogens (primary N) is 1. The second-order valence-electron chi connectivity index (χ2n) is 2.59. The third-order valence-corrected chi connectivity index (χ3v) is 2.63. The second kappa shape index (κ2) is 5.34. The molecule has 2 N–H and O–H groups in total. The molecule has 14 heavy (non-hydrogen) atoms. The van der Waals surface area contributed by atoms with E-state index in [2.05, 4.69) is 20.7 Å². The van der Waals surface area contributed by atoms with Gasteiger partial charge in [0.15, 0.2) is 0 Å². The molecule has 0 aliphatic carbocycles. The molecule has 76 valence electrons. The van der Waals surface area contributed by atoms with E-state index in [1.165, 1.54) is 0 Å². The van der Waals surface area contributed by atoms with Crippen LogP contribution in [0.4, 0.5) is 0 Å². The Morgan fingerprint density at radius 3 is 2.50 bits per heavy atom. The monoisotopic (exact) mass is 277 g/mol. The molecule has 1 rings (SSSR count). The maximum absolute atomic E-state index is 11.2. The SMILES string of the molecule is [NH2+]=COC([O-])C(Cl)c1ccc(Br)cc1. The number of halogens is 2. The van der Waals surface area contributed by atoms with Crippen molar-refractivity contribution in [2.24, 2.45) is 0 Å². The van der Waals surface area contributed by atoms with E-state index in [1.54, 1.807) is 12.1 Å². The van der Waals surface area contributed by atoms with Crippen molar-refractivity contribution in [2.45, 2.75) is 11.7 Å². The molecular weight excluding hydrogens is 269 g/mol. The Balaban J connectivity index is 2.73. The first-order valence-corrected chi connectivity index (χ1v) is 5.12. The largest absolute Gasteiger partial charge is 0.820 e. The van der Waals surface area contributed by atoms with Gasteiger partial charge < -0.3 is 9.84 Å². The second-order valence-corrected chi connectivity index (χ2v) is 3.98. The molecule has 2 atom stereocenters. The lowest BCUT2D eigenvalue weighted by Crippen LogP contribution is -2.39. The van der Waals surface area contributed by atoms with Crippen molar-refractivity contribution in [1.82, 2.24) is 0 Å². The van der Waals surface area contributed by atoms with Gasteiger partial charge >= 0.3 is 6.40 Å². The van der Waals surface area contributed by atoms with Gasteiger partial charge in [-0.15, -0.1) is 11.6 Å². The Labute approximate surface area is 95.3 Å². The number of alkyl halides is 1. The van der Waals surface area contributed by atoms with Crippen molar-refractivity contribution in [3.63, 3.8) is 0 Å². The highest BCUT2D eigenvalue weighted by atomic mass is 79.9. The number of benzene rings is 1. The zero-order valence-electron chi connectivity index (χ0n) is 7.19. The zero-order chi connectivity index (χ0) is 10.6. The van der Waals surface area contributed by atoms with Gasteiger partial charge in [0.1, 0.15) is 0 Å². The lowest BCUT2D eigenvalue weighted by atomic mass is 10.1. The van der Waals surface area contributed by atoms with Crippen LogP contribution in [0.1, 0.15) is 10.9 Å². The smallest absolute Gasteiger partial charge is 0.319 e. The van der Waals surface area contributed by atoms with Gasteiger partial charge in [0.25, 0.3) is 0 Å². The van der Waals surface area contributed by atoms with E-state index in [9.17, 15) is 5.11 Å². The molecule has 0 bridgehead atoms. The zero-order valence-corrected chi connectivity index (χ0v) is 9.53. The molecule has 3 nitrogen and oxygen atoms in total. The van der Waals surface area contributed by atoms with Crippen LogP contribution in [-0.2, 0) is 4.74 Å². The van der Waals surface area contributed by atoms with Gasteiger partial charge in [0.2, 0.25) is 0 Å². The van der Waals surface area contributed by atoms with Gasteiger partial charge in [-0.25, -0.2) is 5.41 Å². The van der Waals surface area contributed by atoms with Crippen molar-refractivity contribution in [2.75, 3.05) is 0 Å². The minimum atomic E-state index is -1.39. The normalized spacial score (nSPS) is 14.5. The van der Waals surface area contributed by atoms with Gasteiger partial charge in [-0.05, 0) is 17.7 Å². The molecule has 2 unspecified atom stereocenters. The van der Waals surface area contributed by atoms with E-state index in [0.29, 0.717) is 5.56 Å². The summed E-state index contributed by atoms with van der Waals surface area (Å²) in [5.74, 6) is 0. The topological polar surface area (TPSA) is 57.9 Å². The van der Waals surface area contributed by atoms with Crippen molar-refractivity contribution in [3.05, 3.63) is 34.3 Å². The van der Waals surface area contributed by atoms with Crippen molar-refractivity contribution in [3.8, 4) is 0 Å². The molecular formula is C9H9BrClNO2. The Morgan fingerprint density at radius 2 is 2.00 bits per heavy atom. The highest BCUT2D eigenvalue weighted by Crippen LogP contribution is 2.24. The highest BCUT2D eigenvalue weighted by molar-refractivity contribution is 9.10. The molecule has 0 saturated heterocycles. The molecule has 0 spiro atoms. The molecule has 0 saturated carbocycles. The third kappa shape index (κ3) is 2.97. The first-order valence-electron chi connectivity index (χ1n) is 3.89. The summed E-state index contributed by atoms with van der Waals surface area (Å²) in [6.07, 6.45) is -0.533. The van der Waals surface area contributed by atoms with Crippen LogP contribution < -0.4 is 10.5 Å². The summed E-state index contributed by atoms with van der Waals surface area (Å²) < 4.78 is 5.47. The van der Waals surface area contributed by atoms with E-state index in [4.69, 9.17) is 17.0 Å². The lowest BCUT2D eigenvalue weighted by Gasteiger charge is -2.24. The highest BCUT2D eigenvalue weighted by Gasteiger charge is 2.12. The van der Waals surface area contributed by atoms with Crippen molar-refractivity contribution >= 4 is 33.9 Å². The average molecular weight is 279 g/mol. The van der Waals surface area contributed by atoms with Crippen LogP contribution in [0.5, 0.6) is 0 Å². The van der Waals surface area contributed by atoms with Crippen LogP contribution in [0.3, 0.4) is 0 Å². The average Bonchev–Trinajstić information content (AvgIpc) is 2.18. The van der Waals surface area contributed by atoms with E-state index >= 15 is 0 Å². The summed E-state index contributed by atoms with van der Waals surface area (Å²) in [6.45, 7) is 0. The fraction of sp³-hybridized carbons (Fsp3) is 0.222. The molecule has 0 aromatic heterocycles. The Morgan fingerprint density at radius 1 is 1.43 bits per heavy atom. The third-order valence-electron chi connectivity index (χ3n) is 1.64. The number of ether oxygens (including phenoxy) is 1. The molecule has 1 aromatic carbocycles. The summed E-state index contributed by atoms with van der Waals surface area (Å²) in [5, 5.41) is 15.4. The van der Waals surface area contributed by atoms with E-state index < -0.39 is 11.7 Å². The van der Waals surface area contributed by atoms with E-state index in [1.807, 2.05) is 12.1 Å². The summed E-state index contributed by atoms with van der Waals surface area (Å²) in [6, 6.07) is 7.13. The van der Waals surface area contributed by atoms with Crippen LogP contribution in [0.25, 0.3) is 0 Å². The summed E-state index contributed by atoms with van der Waals surface area (Å²) in [7, 11) is 0. The van der Waals surface area contributed by atoms with Crippen LogP contribution >= 0.6 is 27.5 Å². The maximum Gasteiger partial charge on any atom is 0.319 e. The van der Waals surface area contributed by atoms with E-state index in [-0.39, 0.29) is 0 Å². The first kappa shape index (κ1) is 11.5. The molecule has 0 aliphatic heterocycles. The van der Waals surface area contributed by atoms with Crippen molar-refractivity contribution in [1.29, 1.82) is 0 Å². The first-order chi connectivity index (χ1) is 6.65. The van der Waals surface area contributed by atoms with Crippen molar-refractivity contribution < 1.29 is 15.3 Å². The fourth-order valence-electron chi connectivity index (χ4n) is 0.950. The minimum Gasteiger partial charge on any atom is -0.820 e. The molecule has 1 aromatic rings. The Hall–Kier alpha value is -0.580. The maximum atomic E-state index is 11.2. The number of hydrogen-bond donors (Lipinski definition) is 1. The molecule has 0 radical (unpaired) electrons.